The topological polar surface area (TPSA) is 48.1 Å². The molecule has 3 nitrogen and oxygen atoms in total. The highest BCUT2D eigenvalue weighted by molar-refractivity contribution is 7.09. The monoisotopic (exact) mass is 268 g/mol. The minimum Gasteiger partial charge on any atom is -0.365 e. The first-order valence-electron chi connectivity index (χ1n) is 5.25. The van der Waals surface area contributed by atoms with Crippen LogP contribution in [-0.4, -0.2) is 24.3 Å². The Morgan fingerprint density at radius 2 is 2.24 bits per heavy atom. The largest absolute Gasteiger partial charge is 0.411 e. The molecule has 0 radical (unpaired) electrons. The normalized spacial score (nSPS) is 13.9. The number of rotatable bonds is 6. The van der Waals surface area contributed by atoms with Crippen LogP contribution in [0.3, 0.4) is 0 Å². The smallest absolute Gasteiger partial charge is 0.365 e. The maximum Gasteiger partial charge on any atom is 0.411 e. The van der Waals surface area contributed by atoms with Gasteiger partial charge in [-0.25, -0.2) is 4.98 Å². The molecule has 2 N–H and O–H groups in total. The van der Waals surface area contributed by atoms with E-state index in [2.05, 4.69) is 9.72 Å². The Morgan fingerprint density at radius 1 is 1.53 bits per heavy atom. The maximum absolute atomic E-state index is 11.8. The van der Waals surface area contributed by atoms with Crippen LogP contribution in [0.4, 0.5) is 13.2 Å². The summed E-state index contributed by atoms with van der Waals surface area (Å²) in [5.74, 6) is 0.169. The molecular weight excluding hydrogens is 253 g/mol. The van der Waals surface area contributed by atoms with E-state index in [9.17, 15) is 13.2 Å². The van der Waals surface area contributed by atoms with Crippen LogP contribution in [0.1, 0.15) is 30.0 Å². The molecule has 1 atom stereocenters. The predicted molar refractivity (Wildman–Crippen MR) is 59.9 cm³/mol. The van der Waals surface area contributed by atoms with Crippen molar-refractivity contribution in [2.45, 2.75) is 32.0 Å². The second kappa shape index (κ2) is 6.32. The van der Waals surface area contributed by atoms with Gasteiger partial charge >= 0.3 is 6.18 Å². The standard InChI is InChI=1S/C10H15F3N2OS/c1-2-7(3-14)8-5-17-9(15-8)4-16-6-10(11,12)13/h5,7H,2-4,6,14H2,1H3. The number of nitrogens with zero attached hydrogens (tertiary/aromatic N) is 1. The lowest BCUT2D eigenvalue weighted by Gasteiger charge is -2.08. The number of ether oxygens (including phenoxy) is 1. The molecule has 17 heavy (non-hydrogen) atoms. The zero-order chi connectivity index (χ0) is 12.9. The minimum absolute atomic E-state index is 0.106. The van der Waals surface area contributed by atoms with Crippen LogP contribution in [0, 0.1) is 0 Å². The van der Waals surface area contributed by atoms with Crippen LogP contribution in [0.15, 0.2) is 5.38 Å². The number of hydrogen-bond acceptors (Lipinski definition) is 4. The van der Waals surface area contributed by atoms with E-state index in [-0.39, 0.29) is 12.5 Å². The van der Waals surface area contributed by atoms with Crippen LogP contribution < -0.4 is 5.73 Å². The molecule has 1 rings (SSSR count). The third-order valence-corrected chi connectivity index (χ3v) is 3.10. The fourth-order valence-corrected chi connectivity index (χ4v) is 2.14. The van der Waals surface area contributed by atoms with Gasteiger partial charge in [-0.15, -0.1) is 11.3 Å². The summed E-state index contributed by atoms with van der Waals surface area (Å²) in [6.45, 7) is 1.14. The quantitative estimate of drug-likeness (QED) is 0.863. The summed E-state index contributed by atoms with van der Waals surface area (Å²) in [4.78, 5) is 4.22. The minimum atomic E-state index is -4.29. The third-order valence-electron chi connectivity index (χ3n) is 2.26. The zero-order valence-electron chi connectivity index (χ0n) is 9.46. The number of thiazole rings is 1. The zero-order valence-corrected chi connectivity index (χ0v) is 10.3. The highest BCUT2D eigenvalue weighted by Gasteiger charge is 2.27. The second-order valence-corrected chi connectivity index (χ2v) is 4.56. The van der Waals surface area contributed by atoms with Crippen molar-refractivity contribution in [3.8, 4) is 0 Å². The summed E-state index contributed by atoms with van der Waals surface area (Å²) in [7, 11) is 0. The molecule has 98 valence electrons. The molecule has 0 fully saturated rings. The number of alkyl halides is 3. The SMILES string of the molecule is CCC(CN)c1csc(COCC(F)(F)F)n1. The van der Waals surface area contributed by atoms with Crippen molar-refractivity contribution in [3.63, 3.8) is 0 Å². The first-order chi connectivity index (χ1) is 7.96. The molecule has 0 aromatic carbocycles. The van der Waals surface area contributed by atoms with E-state index < -0.39 is 12.8 Å². The fourth-order valence-electron chi connectivity index (χ4n) is 1.33. The number of nitrogens with two attached hydrogens (primary N) is 1. The van der Waals surface area contributed by atoms with Crippen molar-refractivity contribution in [2.24, 2.45) is 5.73 Å². The molecule has 1 aromatic heterocycles. The van der Waals surface area contributed by atoms with Crippen molar-refractivity contribution in [3.05, 3.63) is 16.1 Å². The first-order valence-corrected chi connectivity index (χ1v) is 6.13. The van der Waals surface area contributed by atoms with Crippen LogP contribution in [0.25, 0.3) is 0 Å². The molecule has 0 bridgehead atoms. The molecule has 0 saturated heterocycles. The van der Waals surface area contributed by atoms with Gasteiger partial charge in [0.2, 0.25) is 0 Å². The summed E-state index contributed by atoms with van der Waals surface area (Å²) in [6, 6.07) is 0. The Bertz CT molecular complexity index is 337. The lowest BCUT2D eigenvalue weighted by atomic mass is 10.0. The van der Waals surface area contributed by atoms with E-state index in [1.165, 1.54) is 11.3 Å². The van der Waals surface area contributed by atoms with Gasteiger partial charge in [-0.3, -0.25) is 0 Å². The fraction of sp³-hybridized carbons (Fsp3) is 0.700. The molecule has 0 aliphatic rings. The molecular formula is C10H15F3N2OS. The first kappa shape index (κ1) is 14.4. The summed E-state index contributed by atoms with van der Waals surface area (Å²) >= 11 is 1.30. The van der Waals surface area contributed by atoms with Crippen molar-refractivity contribution >= 4 is 11.3 Å². The average molecular weight is 268 g/mol. The van der Waals surface area contributed by atoms with Crippen molar-refractivity contribution in [1.29, 1.82) is 0 Å². The molecule has 0 saturated carbocycles. The Hall–Kier alpha value is -0.660. The van der Waals surface area contributed by atoms with Crippen LogP contribution in [0.2, 0.25) is 0 Å². The van der Waals surface area contributed by atoms with Gasteiger partial charge in [0.15, 0.2) is 0 Å². The average Bonchev–Trinajstić information content (AvgIpc) is 2.67. The lowest BCUT2D eigenvalue weighted by Crippen LogP contribution is -2.16. The lowest BCUT2D eigenvalue weighted by molar-refractivity contribution is -0.176. The maximum atomic E-state index is 11.8. The third kappa shape index (κ3) is 5.01. The van der Waals surface area contributed by atoms with Crippen molar-refractivity contribution in [1.82, 2.24) is 4.98 Å². The van der Waals surface area contributed by atoms with Gasteiger partial charge in [0.25, 0.3) is 0 Å². The summed E-state index contributed by atoms with van der Waals surface area (Å²) in [5, 5.41) is 2.38. The Labute approximate surface area is 102 Å². The Kier molecular flexibility index (Phi) is 5.35. The van der Waals surface area contributed by atoms with Gasteiger partial charge in [0.05, 0.1) is 12.3 Å². The Balaban J connectivity index is 2.46. The van der Waals surface area contributed by atoms with Gasteiger partial charge in [-0.2, -0.15) is 13.2 Å². The second-order valence-electron chi connectivity index (χ2n) is 3.61. The molecule has 0 aliphatic heterocycles. The van der Waals surface area contributed by atoms with E-state index in [1.54, 1.807) is 0 Å². The molecule has 0 amide bonds. The van der Waals surface area contributed by atoms with E-state index in [0.717, 1.165) is 12.1 Å². The van der Waals surface area contributed by atoms with Gasteiger partial charge in [0.1, 0.15) is 11.6 Å². The summed E-state index contributed by atoms with van der Waals surface area (Å²) in [5.41, 5.74) is 6.40. The summed E-state index contributed by atoms with van der Waals surface area (Å²) in [6.07, 6.45) is -3.42. The van der Waals surface area contributed by atoms with Gasteiger partial charge < -0.3 is 10.5 Å². The van der Waals surface area contributed by atoms with Crippen LogP contribution in [0.5, 0.6) is 0 Å². The van der Waals surface area contributed by atoms with Crippen molar-refractivity contribution < 1.29 is 17.9 Å². The van der Waals surface area contributed by atoms with E-state index >= 15 is 0 Å². The van der Waals surface area contributed by atoms with E-state index in [0.29, 0.717) is 11.6 Å². The number of hydrogen-bond donors (Lipinski definition) is 1. The molecule has 0 spiro atoms. The van der Waals surface area contributed by atoms with Crippen molar-refractivity contribution in [2.75, 3.05) is 13.2 Å². The number of aromatic nitrogens is 1. The number of halogens is 3. The highest BCUT2D eigenvalue weighted by Crippen LogP contribution is 2.22. The molecule has 7 heteroatoms. The molecule has 1 heterocycles. The summed E-state index contributed by atoms with van der Waals surface area (Å²) < 4.78 is 40.1. The highest BCUT2D eigenvalue weighted by atomic mass is 32.1. The molecule has 0 aliphatic carbocycles. The molecule has 1 unspecified atom stereocenters. The van der Waals surface area contributed by atoms with Gasteiger partial charge in [0, 0.05) is 17.8 Å². The predicted octanol–water partition coefficient (Wildman–Crippen LogP) is 2.67. The van der Waals surface area contributed by atoms with Crippen LogP contribution >= 0.6 is 11.3 Å². The van der Waals surface area contributed by atoms with E-state index in [1.807, 2.05) is 12.3 Å². The van der Waals surface area contributed by atoms with Crippen LogP contribution in [-0.2, 0) is 11.3 Å². The van der Waals surface area contributed by atoms with E-state index in [4.69, 9.17) is 5.73 Å². The Morgan fingerprint density at radius 3 is 2.76 bits per heavy atom. The van der Waals surface area contributed by atoms with Gasteiger partial charge in [-0.1, -0.05) is 6.92 Å². The molecule has 1 aromatic rings. The van der Waals surface area contributed by atoms with Gasteiger partial charge in [-0.05, 0) is 6.42 Å².